The smallest absolute Gasteiger partial charge is 0.254 e. The molecule has 2 aromatic carbocycles. The van der Waals surface area contributed by atoms with Gasteiger partial charge in [-0.25, -0.2) is 4.39 Å². The molecule has 7 heteroatoms. The van der Waals surface area contributed by atoms with Crippen molar-refractivity contribution in [3.8, 4) is 17.6 Å². The minimum Gasteiger partial charge on any atom is -0.497 e. The van der Waals surface area contributed by atoms with Gasteiger partial charge in [-0.3, -0.25) is 4.79 Å². The number of ether oxygens (including phenoxy) is 2. The number of halogens is 2. The van der Waals surface area contributed by atoms with Gasteiger partial charge < -0.3 is 14.8 Å². The van der Waals surface area contributed by atoms with E-state index in [1.165, 1.54) is 26.4 Å². The molecule has 1 N–H and O–H groups in total. The lowest BCUT2D eigenvalue weighted by Gasteiger charge is -2.16. The first-order valence-electron chi connectivity index (χ1n) is 6.88. The zero-order valence-corrected chi connectivity index (χ0v) is 13.7. The Bertz CT molecular complexity index is 805. The second-order valence-corrected chi connectivity index (χ2v) is 5.12. The lowest BCUT2D eigenvalue weighted by Crippen LogP contribution is -2.28. The summed E-state index contributed by atoms with van der Waals surface area (Å²) in [4.78, 5) is 12.3. The first-order chi connectivity index (χ1) is 11.5. The summed E-state index contributed by atoms with van der Waals surface area (Å²) < 4.78 is 23.8. The van der Waals surface area contributed by atoms with Gasteiger partial charge in [0.05, 0.1) is 30.9 Å². The summed E-state index contributed by atoms with van der Waals surface area (Å²) in [6.45, 7) is 0. The average Bonchev–Trinajstić information content (AvgIpc) is 2.61. The molecular weight excluding hydrogens is 335 g/mol. The number of nitriles is 1. The summed E-state index contributed by atoms with van der Waals surface area (Å²) in [5.41, 5.74) is 0.395. The number of nitrogens with one attached hydrogen (secondary N) is 1. The number of methoxy groups -OCH3 is 2. The molecular formula is C17H14ClFN2O3. The van der Waals surface area contributed by atoms with Gasteiger partial charge in [-0.15, -0.1) is 0 Å². The van der Waals surface area contributed by atoms with Crippen LogP contribution in [-0.2, 0) is 0 Å². The van der Waals surface area contributed by atoms with Crippen LogP contribution in [0.25, 0.3) is 0 Å². The molecule has 0 saturated heterocycles. The van der Waals surface area contributed by atoms with Crippen LogP contribution >= 0.6 is 11.6 Å². The van der Waals surface area contributed by atoms with Crippen molar-refractivity contribution < 1.29 is 18.7 Å². The highest BCUT2D eigenvalue weighted by Crippen LogP contribution is 2.30. The molecule has 1 amide bonds. The molecule has 24 heavy (non-hydrogen) atoms. The predicted molar refractivity (Wildman–Crippen MR) is 86.8 cm³/mol. The maximum Gasteiger partial charge on any atom is 0.254 e. The molecule has 5 nitrogen and oxygen atoms in total. The summed E-state index contributed by atoms with van der Waals surface area (Å²) in [5, 5.41) is 11.6. The largest absolute Gasteiger partial charge is 0.497 e. The molecule has 0 fully saturated rings. The normalized spacial score (nSPS) is 11.3. The van der Waals surface area contributed by atoms with E-state index in [0.29, 0.717) is 17.1 Å². The Morgan fingerprint density at radius 3 is 2.67 bits per heavy atom. The highest BCUT2D eigenvalue weighted by atomic mass is 35.5. The second-order valence-electron chi connectivity index (χ2n) is 4.74. The molecule has 1 unspecified atom stereocenters. The molecule has 0 bridgehead atoms. The van der Waals surface area contributed by atoms with Gasteiger partial charge in [-0.1, -0.05) is 17.7 Å². The van der Waals surface area contributed by atoms with E-state index in [-0.39, 0.29) is 10.6 Å². The Morgan fingerprint density at radius 2 is 2.04 bits per heavy atom. The van der Waals surface area contributed by atoms with Crippen LogP contribution in [-0.4, -0.2) is 20.1 Å². The fraction of sp³-hybridized carbons (Fsp3) is 0.176. The first kappa shape index (κ1) is 17.6. The number of hydrogen-bond acceptors (Lipinski definition) is 4. The molecule has 0 saturated carbocycles. The van der Waals surface area contributed by atoms with E-state index in [2.05, 4.69) is 5.32 Å². The van der Waals surface area contributed by atoms with Crippen molar-refractivity contribution in [2.75, 3.05) is 14.2 Å². The van der Waals surface area contributed by atoms with Crippen LogP contribution in [0.1, 0.15) is 22.0 Å². The number of rotatable bonds is 5. The number of carbonyl (C=O) groups is 1. The number of carbonyl (C=O) groups excluding carboxylic acids is 1. The quantitative estimate of drug-likeness (QED) is 0.897. The Balaban J connectivity index is 2.32. The van der Waals surface area contributed by atoms with Crippen molar-refractivity contribution in [2.45, 2.75) is 6.04 Å². The maximum absolute atomic E-state index is 13.5. The van der Waals surface area contributed by atoms with Gasteiger partial charge >= 0.3 is 0 Å². The van der Waals surface area contributed by atoms with Crippen LogP contribution in [0.4, 0.5) is 4.39 Å². The van der Waals surface area contributed by atoms with E-state index in [1.807, 2.05) is 6.07 Å². The third-order valence-electron chi connectivity index (χ3n) is 3.35. The highest BCUT2D eigenvalue weighted by Gasteiger charge is 2.21. The molecule has 2 rings (SSSR count). The molecule has 0 radical (unpaired) electrons. The van der Waals surface area contributed by atoms with E-state index in [4.69, 9.17) is 21.1 Å². The van der Waals surface area contributed by atoms with Gasteiger partial charge in [0.25, 0.3) is 5.91 Å². The van der Waals surface area contributed by atoms with Crippen molar-refractivity contribution in [1.29, 1.82) is 5.26 Å². The van der Waals surface area contributed by atoms with Gasteiger partial charge in [0.1, 0.15) is 23.4 Å². The SMILES string of the molecule is COc1ccc(C(C#N)NC(=O)c2cccc(F)c2Cl)c(OC)c1. The molecule has 1 atom stereocenters. The molecule has 0 aromatic heterocycles. The lowest BCUT2D eigenvalue weighted by molar-refractivity contribution is 0.0944. The van der Waals surface area contributed by atoms with E-state index in [0.717, 1.165) is 6.07 Å². The van der Waals surface area contributed by atoms with Crippen LogP contribution in [0.2, 0.25) is 5.02 Å². The summed E-state index contributed by atoms with van der Waals surface area (Å²) in [6, 6.07) is 9.71. The van der Waals surface area contributed by atoms with Crippen molar-refractivity contribution in [1.82, 2.24) is 5.32 Å². The minimum atomic E-state index is -1.00. The third kappa shape index (κ3) is 3.58. The second kappa shape index (κ2) is 7.66. The minimum absolute atomic E-state index is 0.0515. The molecule has 0 aliphatic rings. The molecule has 2 aromatic rings. The van der Waals surface area contributed by atoms with E-state index < -0.39 is 17.8 Å². The highest BCUT2D eigenvalue weighted by molar-refractivity contribution is 6.34. The van der Waals surface area contributed by atoms with Crippen molar-refractivity contribution in [2.24, 2.45) is 0 Å². The molecule has 0 aliphatic heterocycles. The van der Waals surface area contributed by atoms with Crippen LogP contribution in [0.3, 0.4) is 0 Å². The number of amides is 1. The van der Waals surface area contributed by atoms with E-state index >= 15 is 0 Å². The topological polar surface area (TPSA) is 71.3 Å². The lowest BCUT2D eigenvalue weighted by atomic mass is 10.1. The van der Waals surface area contributed by atoms with Crippen LogP contribution in [0.5, 0.6) is 11.5 Å². The zero-order chi connectivity index (χ0) is 17.7. The van der Waals surface area contributed by atoms with Gasteiger partial charge in [0.15, 0.2) is 0 Å². The standard InChI is InChI=1S/C17H14ClFN2O3/c1-23-10-6-7-11(15(8-10)24-2)14(9-20)21-17(22)12-4-3-5-13(19)16(12)18/h3-8,14H,1-2H3,(H,21,22). The maximum atomic E-state index is 13.5. The molecule has 0 spiro atoms. The average molecular weight is 349 g/mol. The Labute approximate surface area is 143 Å². The Kier molecular flexibility index (Phi) is 5.61. The van der Waals surface area contributed by atoms with Crippen LogP contribution in [0, 0.1) is 17.1 Å². The van der Waals surface area contributed by atoms with Crippen LogP contribution in [0.15, 0.2) is 36.4 Å². The van der Waals surface area contributed by atoms with Gasteiger partial charge in [-0.05, 0) is 24.3 Å². The van der Waals surface area contributed by atoms with Gasteiger partial charge in [0, 0.05) is 11.6 Å². The van der Waals surface area contributed by atoms with Gasteiger partial charge in [0.2, 0.25) is 0 Å². The van der Waals surface area contributed by atoms with Crippen molar-refractivity contribution >= 4 is 17.5 Å². The molecule has 124 valence electrons. The fourth-order valence-electron chi connectivity index (χ4n) is 2.12. The van der Waals surface area contributed by atoms with Crippen molar-refractivity contribution in [3.05, 3.63) is 58.4 Å². The molecule has 0 heterocycles. The Morgan fingerprint density at radius 1 is 1.29 bits per heavy atom. The third-order valence-corrected chi connectivity index (χ3v) is 3.74. The number of benzene rings is 2. The summed E-state index contributed by atoms with van der Waals surface area (Å²) >= 11 is 5.80. The van der Waals surface area contributed by atoms with E-state index in [1.54, 1.807) is 18.2 Å². The Hall–Kier alpha value is -2.78. The first-order valence-corrected chi connectivity index (χ1v) is 7.26. The summed E-state index contributed by atoms with van der Waals surface area (Å²) in [7, 11) is 2.95. The van der Waals surface area contributed by atoms with Crippen LogP contribution < -0.4 is 14.8 Å². The fourth-order valence-corrected chi connectivity index (χ4v) is 2.34. The van der Waals surface area contributed by atoms with Crippen molar-refractivity contribution in [3.63, 3.8) is 0 Å². The summed E-state index contributed by atoms with van der Waals surface area (Å²) in [6.07, 6.45) is 0. The number of nitrogens with zero attached hydrogens (tertiary/aromatic N) is 1. The number of hydrogen-bond donors (Lipinski definition) is 1. The van der Waals surface area contributed by atoms with E-state index in [9.17, 15) is 14.4 Å². The summed E-state index contributed by atoms with van der Waals surface area (Å²) in [5.74, 6) is -0.442. The molecule has 0 aliphatic carbocycles. The van der Waals surface area contributed by atoms with Gasteiger partial charge in [-0.2, -0.15) is 5.26 Å². The zero-order valence-electron chi connectivity index (χ0n) is 13.0. The predicted octanol–water partition coefficient (Wildman–Crippen LogP) is 3.49. The monoisotopic (exact) mass is 348 g/mol.